The average Bonchev–Trinajstić information content (AvgIpc) is 2.95. The molecule has 0 aromatic rings. The van der Waals surface area contributed by atoms with E-state index in [-0.39, 0.29) is 35.2 Å². The van der Waals surface area contributed by atoms with Crippen molar-refractivity contribution in [2.45, 2.75) is 44.8 Å². The van der Waals surface area contributed by atoms with Crippen molar-refractivity contribution < 1.29 is 14.3 Å². The summed E-state index contributed by atoms with van der Waals surface area (Å²) in [6.07, 6.45) is 2.59. The van der Waals surface area contributed by atoms with Crippen LogP contribution in [0.1, 0.15) is 33.1 Å². The van der Waals surface area contributed by atoms with Gasteiger partial charge in [-0.05, 0) is 19.3 Å². The zero-order chi connectivity index (χ0) is 15.4. The standard InChI is InChI=1S/C15H25N3O3/c1-14(2)11-10(4-3-7-21-11)15(14,17)13(20)18-6-5-9(8-18)12(16)19/h9-11H,3-8,17H2,1-2H3,(H2,16,19). The summed E-state index contributed by atoms with van der Waals surface area (Å²) >= 11 is 0. The number of amides is 2. The Kier molecular flexibility index (Phi) is 3.29. The number of ether oxygens (including phenoxy) is 1. The van der Waals surface area contributed by atoms with Gasteiger partial charge in [0.1, 0.15) is 5.54 Å². The van der Waals surface area contributed by atoms with Crippen LogP contribution in [0.4, 0.5) is 0 Å². The van der Waals surface area contributed by atoms with E-state index in [2.05, 4.69) is 0 Å². The highest BCUT2D eigenvalue weighted by Gasteiger charge is 2.71. The number of hydrogen-bond acceptors (Lipinski definition) is 4. The molecule has 3 aliphatic rings. The minimum atomic E-state index is -0.884. The molecule has 2 saturated heterocycles. The van der Waals surface area contributed by atoms with Crippen LogP contribution in [-0.4, -0.2) is 48.1 Å². The normalized spacial score (nSPS) is 41.3. The molecule has 2 heterocycles. The summed E-state index contributed by atoms with van der Waals surface area (Å²) in [6.45, 7) is 5.75. The Morgan fingerprint density at radius 2 is 2.00 bits per heavy atom. The topological polar surface area (TPSA) is 98.7 Å². The zero-order valence-corrected chi connectivity index (χ0v) is 12.8. The molecule has 4 N–H and O–H groups in total. The lowest BCUT2D eigenvalue weighted by molar-refractivity contribution is -0.229. The zero-order valence-electron chi connectivity index (χ0n) is 12.8. The molecule has 0 spiro atoms. The maximum Gasteiger partial charge on any atom is 0.243 e. The molecular formula is C15H25N3O3. The second-order valence-corrected chi connectivity index (χ2v) is 7.27. The van der Waals surface area contributed by atoms with Gasteiger partial charge in [0.25, 0.3) is 0 Å². The van der Waals surface area contributed by atoms with Crippen LogP contribution in [0.15, 0.2) is 0 Å². The largest absolute Gasteiger partial charge is 0.377 e. The molecule has 1 aliphatic carbocycles. The minimum Gasteiger partial charge on any atom is -0.377 e. The van der Waals surface area contributed by atoms with Crippen LogP contribution in [-0.2, 0) is 14.3 Å². The van der Waals surface area contributed by atoms with Gasteiger partial charge in [-0.25, -0.2) is 0 Å². The Morgan fingerprint density at radius 1 is 1.29 bits per heavy atom. The third-order valence-electron chi connectivity index (χ3n) is 5.92. The molecule has 3 fully saturated rings. The van der Waals surface area contributed by atoms with Crippen LogP contribution in [0.5, 0.6) is 0 Å². The van der Waals surface area contributed by atoms with Gasteiger partial charge in [-0.2, -0.15) is 0 Å². The van der Waals surface area contributed by atoms with E-state index < -0.39 is 5.54 Å². The maximum absolute atomic E-state index is 13.0. The van der Waals surface area contributed by atoms with E-state index in [1.54, 1.807) is 4.90 Å². The molecule has 0 radical (unpaired) electrons. The van der Waals surface area contributed by atoms with Crippen LogP contribution in [0, 0.1) is 17.3 Å². The summed E-state index contributed by atoms with van der Waals surface area (Å²) in [5.74, 6) is -0.522. The van der Waals surface area contributed by atoms with Crippen LogP contribution >= 0.6 is 0 Å². The van der Waals surface area contributed by atoms with Crippen molar-refractivity contribution in [3.8, 4) is 0 Å². The molecule has 3 rings (SSSR count). The summed E-state index contributed by atoms with van der Waals surface area (Å²) in [5, 5.41) is 0. The van der Waals surface area contributed by atoms with E-state index in [4.69, 9.17) is 16.2 Å². The number of likely N-dealkylation sites (tertiary alicyclic amines) is 1. The summed E-state index contributed by atoms with van der Waals surface area (Å²) in [4.78, 5) is 26.0. The Labute approximate surface area is 125 Å². The predicted molar refractivity (Wildman–Crippen MR) is 77.0 cm³/mol. The Hall–Kier alpha value is -1.14. The van der Waals surface area contributed by atoms with E-state index in [1.807, 2.05) is 13.8 Å². The monoisotopic (exact) mass is 295 g/mol. The number of nitrogens with zero attached hydrogens (tertiary/aromatic N) is 1. The highest BCUT2D eigenvalue weighted by Crippen LogP contribution is 2.58. The van der Waals surface area contributed by atoms with Gasteiger partial charge in [-0.3, -0.25) is 9.59 Å². The van der Waals surface area contributed by atoms with Crippen molar-refractivity contribution in [3.63, 3.8) is 0 Å². The van der Waals surface area contributed by atoms with E-state index in [9.17, 15) is 9.59 Å². The first-order valence-electron chi connectivity index (χ1n) is 7.79. The van der Waals surface area contributed by atoms with Gasteiger partial charge >= 0.3 is 0 Å². The molecule has 2 aliphatic heterocycles. The van der Waals surface area contributed by atoms with Crippen LogP contribution in [0.25, 0.3) is 0 Å². The first-order chi connectivity index (χ1) is 9.80. The van der Waals surface area contributed by atoms with Crippen molar-refractivity contribution in [2.75, 3.05) is 19.7 Å². The number of fused-ring (bicyclic) bond motifs is 1. The van der Waals surface area contributed by atoms with Gasteiger partial charge in [0.2, 0.25) is 11.8 Å². The number of hydrogen-bond donors (Lipinski definition) is 2. The molecule has 0 bridgehead atoms. The van der Waals surface area contributed by atoms with Gasteiger partial charge in [0, 0.05) is 31.0 Å². The average molecular weight is 295 g/mol. The molecular weight excluding hydrogens is 270 g/mol. The van der Waals surface area contributed by atoms with Gasteiger partial charge < -0.3 is 21.1 Å². The summed E-state index contributed by atoms with van der Waals surface area (Å²) in [6, 6.07) is 0. The van der Waals surface area contributed by atoms with Crippen LogP contribution < -0.4 is 11.5 Å². The fourth-order valence-corrected chi connectivity index (χ4v) is 4.45. The van der Waals surface area contributed by atoms with Crippen LogP contribution in [0.2, 0.25) is 0 Å². The molecule has 4 unspecified atom stereocenters. The molecule has 6 heteroatoms. The van der Waals surface area contributed by atoms with Gasteiger partial charge in [0.15, 0.2) is 0 Å². The number of rotatable bonds is 2. The lowest BCUT2D eigenvalue weighted by Gasteiger charge is -2.65. The Morgan fingerprint density at radius 3 is 2.62 bits per heavy atom. The Balaban J connectivity index is 1.79. The number of nitrogens with two attached hydrogens (primary N) is 2. The lowest BCUT2D eigenvalue weighted by Crippen LogP contribution is -2.82. The number of carbonyl (C=O) groups is 2. The van der Waals surface area contributed by atoms with Crippen molar-refractivity contribution in [1.82, 2.24) is 4.90 Å². The van der Waals surface area contributed by atoms with Crippen LogP contribution in [0.3, 0.4) is 0 Å². The third-order valence-corrected chi connectivity index (χ3v) is 5.92. The van der Waals surface area contributed by atoms with E-state index in [0.29, 0.717) is 19.5 Å². The van der Waals surface area contributed by atoms with Gasteiger partial charge in [0.05, 0.1) is 12.0 Å². The van der Waals surface area contributed by atoms with Crippen molar-refractivity contribution in [1.29, 1.82) is 0 Å². The minimum absolute atomic E-state index is 0.0389. The second kappa shape index (κ2) is 4.68. The van der Waals surface area contributed by atoms with Gasteiger partial charge in [-0.15, -0.1) is 0 Å². The second-order valence-electron chi connectivity index (χ2n) is 7.27. The first-order valence-corrected chi connectivity index (χ1v) is 7.79. The van der Waals surface area contributed by atoms with Crippen molar-refractivity contribution in [3.05, 3.63) is 0 Å². The van der Waals surface area contributed by atoms with Gasteiger partial charge in [-0.1, -0.05) is 13.8 Å². The summed E-state index contributed by atoms with van der Waals surface area (Å²) in [7, 11) is 0. The SMILES string of the molecule is CC1(C)C2OCCCC2C1(N)C(=O)N1CCC(C(N)=O)C1. The molecule has 2 amide bonds. The third kappa shape index (κ3) is 1.85. The molecule has 0 aromatic heterocycles. The number of carbonyl (C=O) groups excluding carboxylic acids is 2. The van der Waals surface area contributed by atoms with E-state index in [1.165, 1.54) is 0 Å². The predicted octanol–water partition coefficient (Wildman–Crippen LogP) is -0.147. The van der Waals surface area contributed by atoms with Crippen molar-refractivity contribution in [2.24, 2.45) is 28.7 Å². The molecule has 0 aromatic carbocycles. The highest BCUT2D eigenvalue weighted by atomic mass is 16.5. The summed E-state index contributed by atoms with van der Waals surface area (Å²) < 4.78 is 5.83. The lowest BCUT2D eigenvalue weighted by atomic mass is 9.46. The molecule has 6 nitrogen and oxygen atoms in total. The molecule has 21 heavy (non-hydrogen) atoms. The first kappa shape index (κ1) is 14.8. The number of primary amides is 1. The molecule has 118 valence electrons. The van der Waals surface area contributed by atoms with E-state index >= 15 is 0 Å². The quantitative estimate of drug-likeness (QED) is 0.740. The fourth-order valence-electron chi connectivity index (χ4n) is 4.45. The van der Waals surface area contributed by atoms with E-state index in [0.717, 1.165) is 19.4 Å². The molecule has 4 atom stereocenters. The summed E-state index contributed by atoms with van der Waals surface area (Å²) in [5.41, 5.74) is 10.7. The van der Waals surface area contributed by atoms with Crippen molar-refractivity contribution >= 4 is 11.8 Å². The Bertz CT molecular complexity index is 479. The molecule has 1 saturated carbocycles. The smallest absolute Gasteiger partial charge is 0.243 e. The maximum atomic E-state index is 13.0. The fraction of sp³-hybridized carbons (Fsp3) is 0.867. The highest BCUT2D eigenvalue weighted by molar-refractivity contribution is 5.90.